The maximum Gasteiger partial charge on any atom is -0.00463 e. The zero-order chi connectivity index (χ0) is 12.9. The number of unbranched alkanes of at least 4 members (excludes halogenated alkanes) is 8. The number of hydrogen-bond acceptors (Lipinski definition) is 2. The Kier molecular flexibility index (Phi) is 10.6. The van der Waals surface area contributed by atoms with Crippen LogP contribution in [0, 0.1) is 5.92 Å². The molecule has 2 heteroatoms. The van der Waals surface area contributed by atoms with Crippen molar-refractivity contribution < 1.29 is 0 Å². The Morgan fingerprint density at radius 2 is 1.22 bits per heavy atom. The van der Waals surface area contributed by atoms with Crippen molar-refractivity contribution in [3.8, 4) is 0 Å². The second-order valence-corrected chi connectivity index (χ2v) is 5.95. The van der Waals surface area contributed by atoms with E-state index in [-0.39, 0.29) is 0 Å². The minimum atomic E-state index is 0.872. The Hall–Kier alpha value is -0.0800. The Morgan fingerprint density at radius 3 is 1.78 bits per heavy atom. The number of rotatable bonds is 11. The molecule has 1 aliphatic heterocycles. The molecule has 0 aromatic rings. The lowest BCUT2D eigenvalue weighted by molar-refractivity contribution is 0.342. The lowest BCUT2D eigenvalue weighted by atomic mass is 9.92. The molecular weight excluding hydrogens is 220 g/mol. The minimum absolute atomic E-state index is 0.872. The molecule has 2 nitrogen and oxygen atoms in total. The van der Waals surface area contributed by atoms with Gasteiger partial charge in [0, 0.05) is 0 Å². The van der Waals surface area contributed by atoms with Crippen LogP contribution in [-0.2, 0) is 0 Å². The van der Waals surface area contributed by atoms with Crippen LogP contribution < -0.4 is 11.1 Å². The first-order valence-electron chi connectivity index (χ1n) is 8.34. The van der Waals surface area contributed by atoms with Crippen molar-refractivity contribution in [1.29, 1.82) is 0 Å². The summed E-state index contributed by atoms with van der Waals surface area (Å²) in [5.74, 6) is 1.03. The topological polar surface area (TPSA) is 38.0 Å². The molecule has 0 aliphatic carbocycles. The van der Waals surface area contributed by atoms with E-state index in [0.29, 0.717) is 0 Å². The zero-order valence-corrected chi connectivity index (χ0v) is 12.3. The van der Waals surface area contributed by atoms with E-state index in [1.54, 1.807) is 0 Å². The Labute approximate surface area is 114 Å². The third kappa shape index (κ3) is 8.93. The molecule has 3 N–H and O–H groups in total. The van der Waals surface area contributed by atoms with E-state index in [2.05, 4.69) is 5.32 Å². The molecule has 0 aromatic carbocycles. The molecule has 0 amide bonds. The van der Waals surface area contributed by atoms with Gasteiger partial charge in [0.1, 0.15) is 0 Å². The van der Waals surface area contributed by atoms with E-state index in [0.717, 1.165) is 12.5 Å². The predicted octanol–water partition coefficient (Wildman–Crippen LogP) is 3.85. The highest BCUT2D eigenvalue weighted by molar-refractivity contribution is 4.68. The average molecular weight is 254 g/mol. The number of nitrogens with one attached hydrogen (secondary N) is 1. The van der Waals surface area contributed by atoms with Crippen LogP contribution in [0.4, 0.5) is 0 Å². The van der Waals surface area contributed by atoms with Gasteiger partial charge in [0.25, 0.3) is 0 Å². The Bertz CT molecular complexity index is 164. The zero-order valence-electron chi connectivity index (χ0n) is 12.3. The van der Waals surface area contributed by atoms with Gasteiger partial charge in [0.15, 0.2) is 0 Å². The Balaban J connectivity index is 1.73. The van der Waals surface area contributed by atoms with Crippen LogP contribution in [0.5, 0.6) is 0 Å². The number of hydrogen-bond donors (Lipinski definition) is 2. The van der Waals surface area contributed by atoms with Gasteiger partial charge in [0.2, 0.25) is 0 Å². The van der Waals surface area contributed by atoms with E-state index >= 15 is 0 Å². The van der Waals surface area contributed by atoms with Crippen LogP contribution in [-0.4, -0.2) is 19.6 Å². The summed E-state index contributed by atoms with van der Waals surface area (Å²) in [6.45, 7) is 3.39. The smallest absolute Gasteiger partial charge is 0.00463 e. The van der Waals surface area contributed by atoms with Crippen LogP contribution in [0.2, 0.25) is 0 Å². The van der Waals surface area contributed by atoms with E-state index < -0.39 is 0 Å². The van der Waals surface area contributed by atoms with Crippen molar-refractivity contribution in [3.63, 3.8) is 0 Å². The summed E-state index contributed by atoms with van der Waals surface area (Å²) < 4.78 is 0. The molecule has 1 fully saturated rings. The lowest BCUT2D eigenvalue weighted by Gasteiger charge is -2.22. The van der Waals surface area contributed by atoms with Crippen molar-refractivity contribution in [3.05, 3.63) is 0 Å². The van der Waals surface area contributed by atoms with Gasteiger partial charge in [-0.2, -0.15) is 0 Å². The van der Waals surface area contributed by atoms with Gasteiger partial charge in [0.05, 0.1) is 0 Å². The van der Waals surface area contributed by atoms with E-state index in [1.807, 2.05) is 0 Å². The highest BCUT2D eigenvalue weighted by atomic mass is 14.9. The first-order valence-corrected chi connectivity index (χ1v) is 8.34. The standard InChI is InChI=1S/C16H34N2/c17-13-9-7-5-3-1-2-4-6-8-10-16-11-14-18-15-12-16/h16,18H,1-15,17H2. The van der Waals surface area contributed by atoms with Gasteiger partial charge in [-0.05, 0) is 44.8 Å². The molecule has 1 rings (SSSR count). The molecule has 0 spiro atoms. The third-order valence-corrected chi connectivity index (χ3v) is 4.28. The van der Waals surface area contributed by atoms with Gasteiger partial charge in [-0.15, -0.1) is 0 Å². The fraction of sp³-hybridized carbons (Fsp3) is 1.00. The molecule has 0 atom stereocenters. The molecule has 1 heterocycles. The van der Waals surface area contributed by atoms with Gasteiger partial charge in [-0.25, -0.2) is 0 Å². The average Bonchev–Trinajstić information content (AvgIpc) is 2.42. The maximum atomic E-state index is 5.48. The molecule has 0 radical (unpaired) electrons. The van der Waals surface area contributed by atoms with Crippen LogP contribution in [0.15, 0.2) is 0 Å². The van der Waals surface area contributed by atoms with Crippen molar-refractivity contribution in [2.75, 3.05) is 19.6 Å². The molecular formula is C16H34N2. The van der Waals surface area contributed by atoms with E-state index in [1.165, 1.54) is 90.1 Å². The monoisotopic (exact) mass is 254 g/mol. The normalized spacial score (nSPS) is 17.2. The van der Waals surface area contributed by atoms with Crippen LogP contribution in [0.25, 0.3) is 0 Å². The van der Waals surface area contributed by atoms with Crippen molar-refractivity contribution in [1.82, 2.24) is 5.32 Å². The first kappa shape index (κ1) is 16.0. The lowest BCUT2D eigenvalue weighted by Crippen LogP contribution is -2.27. The van der Waals surface area contributed by atoms with Crippen LogP contribution in [0.1, 0.15) is 77.0 Å². The van der Waals surface area contributed by atoms with E-state index in [4.69, 9.17) is 5.73 Å². The second-order valence-electron chi connectivity index (χ2n) is 5.95. The first-order chi connectivity index (χ1) is 8.93. The Morgan fingerprint density at radius 1 is 0.722 bits per heavy atom. The molecule has 0 saturated carbocycles. The van der Waals surface area contributed by atoms with Crippen LogP contribution in [0.3, 0.4) is 0 Å². The largest absolute Gasteiger partial charge is 0.330 e. The number of nitrogens with two attached hydrogens (primary N) is 1. The molecule has 1 aliphatic rings. The molecule has 0 bridgehead atoms. The molecule has 108 valence electrons. The van der Waals surface area contributed by atoms with Crippen LogP contribution >= 0.6 is 0 Å². The van der Waals surface area contributed by atoms with Crippen molar-refractivity contribution in [2.24, 2.45) is 11.7 Å². The molecule has 0 unspecified atom stereocenters. The van der Waals surface area contributed by atoms with Crippen molar-refractivity contribution in [2.45, 2.75) is 77.0 Å². The summed E-state index contributed by atoms with van der Waals surface area (Å²) >= 11 is 0. The fourth-order valence-corrected chi connectivity index (χ4v) is 2.99. The highest BCUT2D eigenvalue weighted by Crippen LogP contribution is 2.20. The second kappa shape index (κ2) is 12.0. The van der Waals surface area contributed by atoms with Gasteiger partial charge in [-0.1, -0.05) is 57.8 Å². The summed E-state index contributed by atoms with van der Waals surface area (Å²) in [5.41, 5.74) is 5.48. The fourth-order valence-electron chi connectivity index (χ4n) is 2.99. The summed E-state index contributed by atoms with van der Waals surface area (Å²) in [4.78, 5) is 0. The molecule has 1 saturated heterocycles. The van der Waals surface area contributed by atoms with E-state index in [9.17, 15) is 0 Å². The van der Waals surface area contributed by atoms with Crippen molar-refractivity contribution >= 4 is 0 Å². The number of piperidine rings is 1. The summed E-state index contributed by atoms with van der Waals surface area (Å²) in [6, 6.07) is 0. The molecule has 18 heavy (non-hydrogen) atoms. The van der Waals surface area contributed by atoms with Gasteiger partial charge >= 0.3 is 0 Å². The molecule has 0 aromatic heterocycles. The summed E-state index contributed by atoms with van der Waals surface area (Å²) in [7, 11) is 0. The quantitative estimate of drug-likeness (QED) is 0.550. The summed E-state index contributed by atoms with van der Waals surface area (Å²) in [6.07, 6.45) is 17.0. The predicted molar refractivity (Wildman–Crippen MR) is 80.8 cm³/mol. The van der Waals surface area contributed by atoms with Gasteiger partial charge < -0.3 is 11.1 Å². The minimum Gasteiger partial charge on any atom is -0.330 e. The van der Waals surface area contributed by atoms with Gasteiger partial charge in [-0.3, -0.25) is 0 Å². The third-order valence-electron chi connectivity index (χ3n) is 4.28. The SMILES string of the molecule is NCCCCCCCCCCCC1CCNCC1. The summed E-state index contributed by atoms with van der Waals surface area (Å²) in [5, 5.41) is 3.45. The highest BCUT2D eigenvalue weighted by Gasteiger charge is 2.11. The maximum absolute atomic E-state index is 5.48.